The molecular weight excluding hydrogens is 544 g/mol. The summed E-state index contributed by atoms with van der Waals surface area (Å²) < 4.78 is 33.8. The lowest BCUT2D eigenvalue weighted by Gasteiger charge is -2.41. The van der Waals surface area contributed by atoms with Crippen LogP contribution in [-0.4, -0.2) is 115 Å². The SMILES string of the molecule is COc1cc([C@@H]2c3c(cc(OC)c(O[C@H]4O[C@@H](CO)[C@@H](O)[C@@H](O)[C@H]4O)c3OC)C[C@H](CO)[C@@H]2CO)cc(OC)c1O. The van der Waals surface area contributed by atoms with Gasteiger partial charge in [0.25, 0.3) is 0 Å². The lowest BCUT2D eigenvalue weighted by molar-refractivity contribution is -0.277. The average Bonchev–Trinajstić information content (AvgIpc) is 2.99. The first kappa shape index (κ1) is 30.9. The number of fused-ring (bicyclic) bond motifs is 1. The number of phenolic OH excluding ortho intramolecular Hbond substituents is 1. The largest absolute Gasteiger partial charge is 0.502 e. The number of ether oxygens (including phenoxy) is 6. The summed E-state index contributed by atoms with van der Waals surface area (Å²) in [6.07, 6.45) is -7.32. The fourth-order valence-corrected chi connectivity index (χ4v) is 5.82. The van der Waals surface area contributed by atoms with Gasteiger partial charge in [0.05, 0.1) is 35.0 Å². The maximum atomic E-state index is 10.6. The van der Waals surface area contributed by atoms with Crippen molar-refractivity contribution in [3.05, 3.63) is 34.9 Å². The number of rotatable bonds is 10. The highest BCUT2D eigenvalue weighted by Gasteiger charge is 2.46. The molecule has 0 bridgehead atoms. The highest BCUT2D eigenvalue weighted by atomic mass is 16.7. The van der Waals surface area contributed by atoms with E-state index >= 15 is 0 Å². The van der Waals surface area contributed by atoms with Crippen LogP contribution in [0.2, 0.25) is 0 Å². The third kappa shape index (κ3) is 5.46. The van der Waals surface area contributed by atoms with E-state index in [1.807, 2.05) is 0 Å². The number of phenols is 1. The van der Waals surface area contributed by atoms with Crippen molar-refractivity contribution in [2.24, 2.45) is 11.8 Å². The van der Waals surface area contributed by atoms with Crippen molar-refractivity contribution in [3.8, 4) is 34.5 Å². The Morgan fingerprint density at radius 1 is 0.756 bits per heavy atom. The van der Waals surface area contributed by atoms with Gasteiger partial charge in [-0.05, 0) is 47.6 Å². The zero-order chi connectivity index (χ0) is 30.0. The van der Waals surface area contributed by atoms with E-state index in [4.69, 9.17) is 28.4 Å². The molecule has 7 N–H and O–H groups in total. The van der Waals surface area contributed by atoms with Gasteiger partial charge in [0.1, 0.15) is 24.4 Å². The molecule has 1 aliphatic heterocycles. The van der Waals surface area contributed by atoms with Crippen molar-refractivity contribution in [2.45, 2.75) is 43.0 Å². The van der Waals surface area contributed by atoms with Crippen LogP contribution in [0.3, 0.4) is 0 Å². The summed E-state index contributed by atoms with van der Waals surface area (Å²) in [7, 11) is 5.59. The van der Waals surface area contributed by atoms with Gasteiger partial charge >= 0.3 is 0 Å². The molecule has 1 aliphatic carbocycles. The molecule has 228 valence electrons. The molecule has 0 spiro atoms. The zero-order valence-corrected chi connectivity index (χ0v) is 23.3. The van der Waals surface area contributed by atoms with Gasteiger partial charge in [0, 0.05) is 24.7 Å². The van der Waals surface area contributed by atoms with Gasteiger partial charge in [-0.25, -0.2) is 0 Å². The Labute approximate surface area is 237 Å². The predicted octanol–water partition coefficient (Wildman–Crippen LogP) is -0.490. The van der Waals surface area contributed by atoms with Gasteiger partial charge in [0.2, 0.25) is 17.8 Å². The molecule has 0 radical (unpaired) electrons. The lowest BCUT2D eigenvalue weighted by Crippen LogP contribution is -2.60. The molecule has 13 heteroatoms. The maximum absolute atomic E-state index is 10.6. The van der Waals surface area contributed by atoms with Gasteiger partial charge in [-0.1, -0.05) is 0 Å². The Morgan fingerprint density at radius 2 is 1.39 bits per heavy atom. The third-order valence-corrected chi connectivity index (χ3v) is 7.97. The topological polar surface area (TPSA) is 197 Å². The summed E-state index contributed by atoms with van der Waals surface area (Å²) in [5.74, 6) is -1.10. The second-order valence-electron chi connectivity index (χ2n) is 10.1. The summed E-state index contributed by atoms with van der Waals surface area (Å²) in [6.45, 7) is -1.17. The van der Waals surface area contributed by atoms with Crippen molar-refractivity contribution in [3.63, 3.8) is 0 Å². The fraction of sp³-hybridized carbons (Fsp3) is 0.571. The molecule has 0 saturated carbocycles. The van der Waals surface area contributed by atoms with Crippen LogP contribution in [-0.2, 0) is 11.2 Å². The van der Waals surface area contributed by atoms with Crippen LogP contribution in [0.4, 0.5) is 0 Å². The monoisotopic (exact) mass is 582 g/mol. The molecule has 0 amide bonds. The molecule has 0 aromatic heterocycles. The van der Waals surface area contributed by atoms with Crippen molar-refractivity contribution >= 4 is 0 Å². The molecule has 13 nitrogen and oxygen atoms in total. The van der Waals surface area contributed by atoms with E-state index in [0.717, 1.165) is 5.56 Å². The van der Waals surface area contributed by atoms with Gasteiger partial charge in [-0.2, -0.15) is 0 Å². The van der Waals surface area contributed by atoms with Gasteiger partial charge in [-0.3, -0.25) is 0 Å². The predicted molar refractivity (Wildman–Crippen MR) is 142 cm³/mol. The van der Waals surface area contributed by atoms with E-state index < -0.39 is 49.1 Å². The van der Waals surface area contributed by atoms with Gasteiger partial charge in [0.15, 0.2) is 23.0 Å². The summed E-state index contributed by atoms with van der Waals surface area (Å²) in [4.78, 5) is 0. The fourth-order valence-electron chi connectivity index (χ4n) is 5.82. The van der Waals surface area contributed by atoms with Crippen LogP contribution >= 0.6 is 0 Å². The van der Waals surface area contributed by atoms with Crippen LogP contribution in [0.1, 0.15) is 22.6 Å². The Hall–Kier alpha value is -3.04. The van der Waals surface area contributed by atoms with Crippen molar-refractivity contribution in [1.82, 2.24) is 0 Å². The highest BCUT2D eigenvalue weighted by molar-refractivity contribution is 5.64. The number of hydrogen-bond donors (Lipinski definition) is 7. The number of benzene rings is 2. The van der Waals surface area contributed by atoms with Gasteiger partial charge < -0.3 is 64.2 Å². The molecule has 0 unspecified atom stereocenters. The lowest BCUT2D eigenvalue weighted by atomic mass is 9.66. The minimum Gasteiger partial charge on any atom is -0.502 e. The molecule has 1 saturated heterocycles. The van der Waals surface area contributed by atoms with E-state index in [-0.39, 0.29) is 53.6 Å². The highest BCUT2D eigenvalue weighted by Crippen LogP contribution is 2.55. The molecule has 2 aromatic carbocycles. The second-order valence-corrected chi connectivity index (χ2v) is 10.1. The van der Waals surface area contributed by atoms with E-state index in [9.17, 15) is 35.7 Å². The smallest absolute Gasteiger partial charge is 0.229 e. The summed E-state index contributed by atoms with van der Waals surface area (Å²) >= 11 is 0. The summed E-state index contributed by atoms with van der Waals surface area (Å²) in [5.41, 5.74) is 1.88. The molecule has 2 aromatic rings. The van der Waals surface area contributed by atoms with Crippen LogP contribution in [0.5, 0.6) is 34.5 Å². The molecule has 2 aliphatic rings. The van der Waals surface area contributed by atoms with Crippen LogP contribution in [0, 0.1) is 11.8 Å². The van der Waals surface area contributed by atoms with Crippen LogP contribution in [0.25, 0.3) is 0 Å². The van der Waals surface area contributed by atoms with Crippen molar-refractivity contribution < 1.29 is 64.2 Å². The third-order valence-electron chi connectivity index (χ3n) is 7.97. The maximum Gasteiger partial charge on any atom is 0.229 e. The van der Waals surface area contributed by atoms with Crippen LogP contribution < -0.4 is 23.7 Å². The first-order valence-electron chi connectivity index (χ1n) is 13.1. The first-order valence-corrected chi connectivity index (χ1v) is 13.1. The Balaban J connectivity index is 1.93. The average molecular weight is 583 g/mol. The standard InChI is InChI=1S/C28H38O13/c1-36-16-6-13(7-17(37-2)22(16)32)20-15(10-30)14(9-29)5-12-8-18(38-3)26(27(39-4)21(12)20)41-28-25(35)24(34)23(33)19(11-31)40-28/h6-8,14-15,19-20,23-25,28-35H,5,9-11H2,1-4H3/t14-,15+,19+,20+,23-,24-,25-,28-/m1/s1. The number of aliphatic hydroxyl groups excluding tert-OH is 6. The Morgan fingerprint density at radius 3 is 1.90 bits per heavy atom. The number of aromatic hydroxyl groups is 1. The molecule has 1 heterocycles. The first-order chi connectivity index (χ1) is 19.7. The molecule has 1 fully saturated rings. The second kappa shape index (κ2) is 12.9. The minimum absolute atomic E-state index is 0.0000683. The minimum atomic E-state index is -1.69. The van der Waals surface area contributed by atoms with Crippen LogP contribution in [0.15, 0.2) is 18.2 Å². The number of aliphatic hydroxyl groups is 6. The molecule has 8 atom stereocenters. The van der Waals surface area contributed by atoms with E-state index in [1.165, 1.54) is 28.4 Å². The number of methoxy groups -OCH3 is 4. The molecular formula is C28H38O13. The van der Waals surface area contributed by atoms with Crippen molar-refractivity contribution in [1.29, 1.82) is 0 Å². The normalized spacial score (nSPS) is 29.4. The number of hydrogen-bond acceptors (Lipinski definition) is 13. The Bertz CT molecular complexity index is 1180. The Kier molecular flexibility index (Phi) is 9.70. The van der Waals surface area contributed by atoms with E-state index in [0.29, 0.717) is 17.5 Å². The zero-order valence-electron chi connectivity index (χ0n) is 23.3. The summed E-state index contributed by atoms with van der Waals surface area (Å²) in [5, 5.41) is 72.1. The van der Waals surface area contributed by atoms with Crippen molar-refractivity contribution in [2.75, 3.05) is 48.3 Å². The molecule has 4 rings (SSSR count). The van der Waals surface area contributed by atoms with E-state index in [2.05, 4.69) is 0 Å². The van der Waals surface area contributed by atoms with Gasteiger partial charge in [-0.15, -0.1) is 0 Å². The van der Waals surface area contributed by atoms with E-state index in [1.54, 1.807) is 18.2 Å². The molecule has 41 heavy (non-hydrogen) atoms. The quantitative estimate of drug-likeness (QED) is 0.190. The summed E-state index contributed by atoms with van der Waals surface area (Å²) in [6, 6.07) is 4.91.